The van der Waals surface area contributed by atoms with Crippen LogP contribution in [0.25, 0.3) is 0 Å². The molecule has 0 spiro atoms. The SMILES string of the molecule is CC(C)C1NCCc2cc(O[Si](C)(C)C(C)(C)C)ccc21. The van der Waals surface area contributed by atoms with Crippen molar-refractivity contribution in [2.24, 2.45) is 5.92 Å². The van der Waals surface area contributed by atoms with Crippen molar-refractivity contribution in [1.82, 2.24) is 5.32 Å². The fraction of sp³-hybridized carbons (Fsp3) is 0.667. The van der Waals surface area contributed by atoms with Crippen molar-refractivity contribution in [2.45, 2.75) is 65.2 Å². The van der Waals surface area contributed by atoms with Gasteiger partial charge >= 0.3 is 0 Å². The van der Waals surface area contributed by atoms with E-state index < -0.39 is 8.32 Å². The summed E-state index contributed by atoms with van der Waals surface area (Å²) in [6.45, 7) is 17.1. The van der Waals surface area contributed by atoms with Gasteiger partial charge in [0, 0.05) is 6.04 Å². The van der Waals surface area contributed by atoms with Crippen molar-refractivity contribution in [2.75, 3.05) is 6.54 Å². The Morgan fingerprint density at radius 2 is 1.90 bits per heavy atom. The Bertz CT molecular complexity index is 502. The number of nitrogens with one attached hydrogen (secondary N) is 1. The highest BCUT2D eigenvalue weighted by Gasteiger charge is 2.39. The minimum Gasteiger partial charge on any atom is -0.543 e. The zero-order valence-electron chi connectivity index (χ0n) is 14.7. The highest BCUT2D eigenvalue weighted by Crippen LogP contribution is 2.38. The van der Waals surface area contributed by atoms with Crippen LogP contribution in [0.5, 0.6) is 5.75 Å². The van der Waals surface area contributed by atoms with Gasteiger partial charge < -0.3 is 9.74 Å². The van der Waals surface area contributed by atoms with Gasteiger partial charge in [-0.3, -0.25) is 0 Å². The van der Waals surface area contributed by atoms with Crippen LogP contribution < -0.4 is 9.74 Å². The first-order valence-corrected chi connectivity index (χ1v) is 11.1. The molecule has 1 heterocycles. The summed E-state index contributed by atoms with van der Waals surface area (Å²) >= 11 is 0. The van der Waals surface area contributed by atoms with Crippen LogP contribution in [0.2, 0.25) is 18.1 Å². The maximum absolute atomic E-state index is 6.45. The maximum Gasteiger partial charge on any atom is 0.250 e. The molecule has 2 nitrogen and oxygen atoms in total. The Morgan fingerprint density at radius 3 is 2.48 bits per heavy atom. The topological polar surface area (TPSA) is 21.3 Å². The zero-order valence-corrected chi connectivity index (χ0v) is 15.7. The number of hydrogen-bond donors (Lipinski definition) is 1. The van der Waals surface area contributed by atoms with Crippen LogP contribution in [0.4, 0.5) is 0 Å². The van der Waals surface area contributed by atoms with E-state index in [9.17, 15) is 0 Å². The molecule has 1 aliphatic rings. The van der Waals surface area contributed by atoms with Gasteiger partial charge in [-0.25, -0.2) is 0 Å². The molecule has 0 amide bonds. The molecule has 21 heavy (non-hydrogen) atoms. The highest BCUT2D eigenvalue weighted by atomic mass is 28.4. The van der Waals surface area contributed by atoms with Gasteiger partial charge in [0.1, 0.15) is 5.75 Å². The smallest absolute Gasteiger partial charge is 0.250 e. The second-order valence-corrected chi connectivity index (χ2v) is 12.9. The molecular formula is C18H31NOSi. The van der Waals surface area contributed by atoms with Crippen molar-refractivity contribution in [3.63, 3.8) is 0 Å². The third-order valence-electron chi connectivity index (χ3n) is 5.05. The van der Waals surface area contributed by atoms with Gasteiger partial charge in [0.25, 0.3) is 0 Å². The largest absolute Gasteiger partial charge is 0.543 e. The van der Waals surface area contributed by atoms with Crippen LogP contribution in [0.15, 0.2) is 18.2 Å². The Balaban J connectivity index is 2.26. The Labute approximate surface area is 131 Å². The lowest BCUT2D eigenvalue weighted by Gasteiger charge is -2.37. The molecule has 1 unspecified atom stereocenters. The predicted molar refractivity (Wildman–Crippen MR) is 93.6 cm³/mol. The number of rotatable bonds is 3. The molecule has 0 radical (unpaired) electrons. The molecule has 0 fully saturated rings. The van der Waals surface area contributed by atoms with Crippen LogP contribution >= 0.6 is 0 Å². The van der Waals surface area contributed by atoms with E-state index in [0.717, 1.165) is 18.7 Å². The summed E-state index contributed by atoms with van der Waals surface area (Å²) < 4.78 is 6.45. The van der Waals surface area contributed by atoms with Crippen LogP contribution in [-0.2, 0) is 6.42 Å². The maximum atomic E-state index is 6.45. The molecule has 118 valence electrons. The van der Waals surface area contributed by atoms with Gasteiger partial charge in [-0.05, 0) is 60.3 Å². The third kappa shape index (κ3) is 3.51. The zero-order chi connectivity index (χ0) is 15.8. The van der Waals surface area contributed by atoms with Gasteiger partial charge in [0.15, 0.2) is 0 Å². The molecule has 1 aromatic carbocycles. The fourth-order valence-electron chi connectivity index (χ4n) is 2.68. The quantitative estimate of drug-likeness (QED) is 0.801. The minimum absolute atomic E-state index is 0.241. The monoisotopic (exact) mass is 305 g/mol. The van der Waals surface area contributed by atoms with Crippen LogP contribution in [0.3, 0.4) is 0 Å². The van der Waals surface area contributed by atoms with Gasteiger partial charge in [-0.1, -0.05) is 40.7 Å². The molecule has 0 aliphatic carbocycles. The lowest BCUT2D eigenvalue weighted by Crippen LogP contribution is -2.44. The standard InChI is InChI=1S/C18H31NOSi/c1-13(2)17-16-9-8-15(12-14(16)10-11-19-17)20-21(6,7)18(3,4)5/h8-9,12-13,17,19H,10-11H2,1-7H3. The molecule has 0 saturated heterocycles. The van der Waals surface area contributed by atoms with E-state index in [4.69, 9.17) is 4.43 Å². The molecule has 0 saturated carbocycles. The average molecular weight is 306 g/mol. The van der Waals surface area contributed by atoms with Crippen LogP contribution in [0, 0.1) is 5.92 Å². The van der Waals surface area contributed by atoms with Gasteiger partial charge in [-0.2, -0.15) is 0 Å². The first-order chi connectivity index (χ1) is 9.62. The average Bonchev–Trinajstić information content (AvgIpc) is 2.35. The molecule has 1 aromatic rings. The van der Waals surface area contributed by atoms with Crippen molar-refractivity contribution in [3.05, 3.63) is 29.3 Å². The summed E-state index contributed by atoms with van der Waals surface area (Å²) in [7, 11) is -1.75. The Kier molecular flexibility index (Phi) is 4.55. The van der Waals surface area contributed by atoms with E-state index in [1.807, 2.05) is 0 Å². The molecule has 0 aromatic heterocycles. The van der Waals surface area contributed by atoms with E-state index in [-0.39, 0.29) is 5.04 Å². The molecule has 0 bridgehead atoms. The van der Waals surface area contributed by atoms with E-state index in [0.29, 0.717) is 12.0 Å². The van der Waals surface area contributed by atoms with E-state index in [2.05, 4.69) is 71.2 Å². The number of benzene rings is 1. The molecule has 3 heteroatoms. The second kappa shape index (κ2) is 5.77. The first-order valence-electron chi connectivity index (χ1n) is 8.17. The summed E-state index contributed by atoms with van der Waals surface area (Å²) in [5.74, 6) is 1.68. The van der Waals surface area contributed by atoms with E-state index >= 15 is 0 Å². The van der Waals surface area contributed by atoms with Crippen LogP contribution in [-0.4, -0.2) is 14.9 Å². The van der Waals surface area contributed by atoms with Crippen molar-refractivity contribution in [3.8, 4) is 5.75 Å². The summed E-state index contributed by atoms with van der Waals surface area (Å²) in [6.07, 6.45) is 1.10. The second-order valence-electron chi connectivity index (χ2n) is 8.15. The van der Waals surface area contributed by atoms with Crippen LogP contribution in [0.1, 0.15) is 51.8 Å². The summed E-state index contributed by atoms with van der Waals surface area (Å²) in [5, 5.41) is 3.88. The van der Waals surface area contributed by atoms with Crippen molar-refractivity contribution in [1.29, 1.82) is 0 Å². The minimum atomic E-state index is -1.75. The number of hydrogen-bond acceptors (Lipinski definition) is 2. The normalized spacial score (nSPS) is 19.5. The Morgan fingerprint density at radius 1 is 1.24 bits per heavy atom. The van der Waals surface area contributed by atoms with Crippen molar-refractivity contribution >= 4 is 8.32 Å². The summed E-state index contributed by atoms with van der Waals surface area (Å²) in [6, 6.07) is 7.21. The highest BCUT2D eigenvalue weighted by molar-refractivity contribution is 6.74. The lowest BCUT2D eigenvalue weighted by molar-refractivity contribution is 0.394. The predicted octanol–water partition coefficient (Wildman–Crippen LogP) is 4.91. The van der Waals surface area contributed by atoms with Gasteiger partial charge in [-0.15, -0.1) is 0 Å². The Hall–Kier alpha value is -0.803. The summed E-state index contributed by atoms with van der Waals surface area (Å²) in [5.41, 5.74) is 2.92. The molecule has 1 atom stereocenters. The van der Waals surface area contributed by atoms with Crippen molar-refractivity contribution < 1.29 is 4.43 Å². The van der Waals surface area contributed by atoms with Gasteiger partial charge in [0.05, 0.1) is 0 Å². The van der Waals surface area contributed by atoms with Gasteiger partial charge in [0.2, 0.25) is 8.32 Å². The molecular weight excluding hydrogens is 274 g/mol. The summed E-state index contributed by atoms with van der Waals surface area (Å²) in [4.78, 5) is 0. The molecule has 2 rings (SSSR count). The first kappa shape index (κ1) is 16.6. The fourth-order valence-corrected chi connectivity index (χ4v) is 3.70. The number of fused-ring (bicyclic) bond motifs is 1. The lowest BCUT2D eigenvalue weighted by atomic mass is 9.88. The van der Waals surface area contributed by atoms with E-state index in [1.54, 1.807) is 0 Å². The van der Waals surface area contributed by atoms with E-state index in [1.165, 1.54) is 11.1 Å². The third-order valence-corrected chi connectivity index (χ3v) is 9.41. The molecule has 1 N–H and O–H groups in total. The molecule has 1 aliphatic heterocycles.